The number of anilines is 1. The summed E-state index contributed by atoms with van der Waals surface area (Å²) in [5, 5.41) is 0. The van der Waals surface area contributed by atoms with E-state index in [4.69, 9.17) is 4.74 Å². The third kappa shape index (κ3) is 3.67. The highest BCUT2D eigenvalue weighted by Gasteiger charge is 2.22. The van der Waals surface area contributed by atoms with Gasteiger partial charge >= 0.3 is 0 Å². The zero-order chi connectivity index (χ0) is 16.9. The Hall–Kier alpha value is -2.56. The first-order chi connectivity index (χ1) is 11.7. The Bertz CT molecular complexity index is 692. The molecule has 2 heterocycles. The van der Waals surface area contributed by atoms with Gasteiger partial charge in [-0.3, -0.25) is 9.78 Å². The molecule has 0 spiro atoms. The summed E-state index contributed by atoms with van der Waals surface area (Å²) >= 11 is 0. The lowest BCUT2D eigenvalue weighted by Gasteiger charge is -2.36. The van der Waals surface area contributed by atoms with E-state index in [2.05, 4.69) is 16.0 Å². The number of amides is 1. The largest absolute Gasteiger partial charge is 0.495 e. The molecular formula is C19H23N3O2. The first-order valence-corrected chi connectivity index (χ1v) is 8.24. The average Bonchev–Trinajstić information content (AvgIpc) is 2.63. The van der Waals surface area contributed by atoms with Crippen molar-refractivity contribution in [3.8, 4) is 5.75 Å². The number of benzene rings is 1. The number of aryl methyl sites for hydroxylation is 1. The highest BCUT2D eigenvalue weighted by Crippen LogP contribution is 2.28. The third-order valence-electron chi connectivity index (χ3n) is 4.39. The molecule has 1 aliphatic heterocycles. The van der Waals surface area contributed by atoms with Gasteiger partial charge in [0.15, 0.2) is 0 Å². The van der Waals surface area contributed by atoms with Crippen LogP contribution in [0.15, 0.2) is 42.6 Å². The molecule has 2 aromatic rings. The summed E-state index contributed by atoms with van der Waals surface area (Å²) in [7, 11) is 1.69. The van der Waals surface area contributed by atoms with Crippen LogP contribution in [0, 0.1) is 6.92 Å². The van der Waals surface area contributed by atoms with Crippen molar-refractivity contribution in [1.82, 2.24) is 9.88 Å². The van der Waals surface area contributed by atoms with Crippen LogP contribution in [0.3, 0.4) is 0 Å². The molecule has 1 aliphatic rings. The summed E-state index contributed by atoms with van der Waals surface area (Å²) in [5.41, 5.74) is 3.03. The number of ether oxygens (including phenoxy) is 1. The van der Waals surface area contributed by atoms with Crippen molar-refractivity contribution in [3.05, 3.63) is 53.9 Å². The molecule has 1 amide bonds. The Morgan fingerprint density at radius 2 is 1.88 bits per heavy atom. The van der Waals surface area contributed by atoms with Crippen molar-refractivity contribution in [2.24, 2.45) is 0 Å². The lowest BCUT2D eigenvalue weighted by Crippen LogP contribution is -2.49. The molecular weight excluding hydrogens is 302 g/mol. The fourth-order valence-electron chi connectivity index (χ4n) is 2.98. The number of para-hydroxylation sites is 2. The van der Waals surface area contributed by atoms with Crippen LogP contribution >= 0.6 is 0 Å². The Morgan fingerprint density at radius 1 is 1.12 bits per heavy atom. The number of piperazine rings is 1. The van der Waals surface area contributed by atoms with E-state index in [0.29, 0.717) is 6.42 Å². The van der Waals surface area contributed by atoms with Gasteiger partial charge in [-0.1, -0.05) is 18.2 Å². The molecule has 3 rings (SSSR count). The molecule has 0 N–H and O–H groups in total. The molecule has 1 aromatic carbocycles. The summed E-state index contributed by atoms with van der Waals surface area (Å²) in [6, 6.07) is 11.9. The number of methoxy groups -OCH3 is 1. The second-order valence-electron chi connectivity index (χ2n) is 6.02. The van der Waals surface area contributed by atoms with Crippen molar-refractivity contribution in [3.63, 3.8) is 0 Å². The lowest BCUT2D eigenvalue weighted by atomic mass is 10.1. The summed E-state index contributed by atoms with van der Waals surface area (Å²) < 4.78 is 5.43. The number of carbonyl (C=O) groups excluding carboxylic acids is 1. The van der Waals surface area contributed by atoms with E-state index in [1.807, 2.05) is 42.2 Å². The fourth-order valence-corrected chi connectivity index (χ4v) is 2.98. The van der Waals surface area contributed by atoms with E-state index in [1.54, 1.807) is 13.3 Å². The van der Waals surface area contributed by atoms with Crippen LogP contribution in [-0.2, 0) is 11.2 Å². The van der Waals surface area contributed by atoms with Gasteiger partial charge in [0.1, 0.15) is 5.75 Å². The predicted octanol–water partition coefficient (Wildman–Crippen LogP) is 2.29. The highest BCUT2D eigenvalue weighted by molar-refractivity contribution is 5.79. The van der Waals surface area contributed by atoms with Crippen LogP contribution in [0.2, 0.25) is 0 Å². The van der Waals surface area contributed by atoms with Gasteiger partial charge in [-0.15, -0.1) is 0 Å². The number of carbonyl (C=O) groups is 1. The van der Waals surface area contributed by atoms with E-state index in [1.165, 1.54) is 0 Å². The van der Waals surface area contributed by atoms with Gasteiger partial charge in [-0.05, 0) is 30.7 Å². The number of hydrogen-bond donors (Lipinski definition) is 0. The molecule has 0 radical (unpaired) electrons. The third-order valence-corrected chi connectivity index (χ3v) is 4.39. The van der Waals surface area contributed by atoms with Crippen LogP contribution < -0.4 is 9.64 Å². The molecule has 0 saturated carbocycles. The van der Waals surface area contributed by atoms with Crippen molar-refractivity contribution < 1.29 is 9.53 Å². The Kier molecular flexibility index (Phi) is 4.99. The van der Waals surface area contributed by atoms with Crippen molar-refractivity contribution in [2.75, 3.05) is 38.2 Å². The van der Waals surface area contributed by atoms with Gasteiger partial charge in [0.05, 0.1) is 19.2 Å². The summed E-state index contributed by atoms with van der Waals surface area (Å²) in [5.74, 6) is 1.04. The zero-order valence-corrected chi connectivity index (χ0v) is 14.2. The summed E-state index contributed by atoms with van der Waals surface area (Å²) in [4.78, 5) is 20.9. The monoisotopic (exact) mass is 325 g/mol. The van der Waals surface area contributed by atoms with Gasteiger partial charge in [0.2, 0.25) is 5.91 Å². The molecule has 0 aliphatic carbocycles. The van der Waals surface area contributed by atoms with E-state index in [9.17, 15) is 4.79 Å². The highest BCUT2D eigenvalue weighted by atomic mass is 16.5. The van der Waals surface area contributed by atoms with Crippen LogP contribution in [0.1, 0.15) is 11.3 Å². The molecule has 24 heavy (non-hydrogen) atoms. The number of nitrogens with zero attached hydrogens (tertiary/aromatic N) is 3. The maximum Gasteiger partial charge on any atom is 0.227 e. The standard InChI is InChI=1S/C19H23N3O2/c1-15-7-8-16(14-20-15)13-19(23)22-11-9-21(10-12-22)17-5-3-4-6-18(17)24-2/h3-8,14H,9-13H2,1-2H3. The van der Waals surface area contributed by atoms with Gasteiger partial charge < -0.3 is 14.5 Å². The second-order valence-corrected chi connectivity index (χ2v) is 6.02. The van der Waals surface area contributed by atoms with Crippen LogP contribution in [0.4, 0.5) is 5.69 Å². The van der Waals surface area contributed by atoms with E-state index in [-0.39, 0.29) is 5.91 Å². The first-order valence-electron chi connectivity index (χ1n) is 8.24. The normalized spacial score (nSPS) is 14.6. The van der Waals surface area contributed by atoms with Gasteiger partial charge in [-0.2, -0.15) is 0 Å². The Balaban J connectivity index is 1.58. The average molecular weight is 325 g/mol. The van der Waals surface area contributed by atoms with Crippen molar-refractivity contribution in [1.29, 1.82) is 0 Å². The van der Waals surface area contributed by atoms with Crippen LogP contribution in [-0.4, -0.2) is 49.1 Å². The van der Waals surface area contributed by atoms with E-state index >= 15 is 0 Å². The minimum Gasteiger partial charge on any atom is -0.495 e. The van der Waals surface area contributed by atoms with Crippen LogP contribution in [0.5, 0.6) is 5.75 Å². The summed E-state index contributed by atoms with van der Waals surface area (Å²) in [6.45, 7) is 5.05. The number of aromatic nitrogens is 1. The van der Waals surface area contributed by atoms with Crippen LogP contribution in [0.25, 0.3) is 0 Å². The van der Waals surface area contributed by atoms with Gasteiger partial charge in [0, 0.05) is 38.1 Å². The topological polar surface area (TPSA) is 45.7 Å². The second kappa shape index (κ2) is 7.34. The minimum atomic E-state index is 0.167. The fraction of sp³-hybridized carbons (Fsp3) is 0.368. The van der Waals surface area contributed by atoms with Crippen molar-refractivity contribution in [2.45, 2.75) is 13.3 Å². The molecule has 1 aromatic heterocycles. The van der Waals surface area contributed by atoms with Gasteiger partial charge in [0.25, 0.3) is 0 Å². The Labute approximate surface area is 142 Å². The minimum absolute atomic E-state index is 0.167. The van der Waals surface area contributed by atoms with E-state index in [0.717, 1.165) is 48.9 Å². The molecule has 126 valence electrons. The number of pyridine rings is 1. The SMILES string of the molecule is COc1ccccc1N1CCN(C(=O)Cc2ccc(C)nc2)CC1. The maximum absolute atomic E-state index is 12.5. The van der Waals surface area contributed by atoms with Gasteiger partial charge in [-0.25, -0.2) is 0 Å². The number of hydrogen-bond acceptors (Lipinski definition) is 4. The maximum atomic E-state index is 12.5. The smallest absolute Gasteiger partial charge is 0.227 e. The van der Waals surface area contributed by atoms with E-state index < -0.39 is 0 Å². The first kappa shape index (κ1) is 16.3. The molecule has 0 bridgehead atoms. The molecule has 0 unspecified atom stereocenters. The molecule has 0 atom stereocenters. The summed E-state index contributed by atoms with van der Waals surface area (Å²) in [6.07, 6.45) is 2.21. The van der Waals surface area contributed by atoms with Crippen molar-refractivity contribution >= 4 is 11.6 Å². The number of rotatable bonds is 4. The predicted molar refractivity (Wildman–Crippen MR) is 94.5 cm³/mol. The zero-order valence-electron chi connectivity index (χ0n) is 14.2. The lowest BCUT2D eigenvalue weighted by molar-refractivity contribution is -0.130. The molecule has 5 heteroatoms. The Morgan fingerprint density at radius 3 is 2.54 bits per heavy atom. The molecule has 5 nitrogen and oxygen atoms in total. The molecule has 1 fully saturated rings. The molecule has 1 saturated heterocycles. The quantitative estimate of drug-likeness (QED) is 0.865.